The molecule has 1 N–H and O–H groups in total. The number of aromatic nitrogens is 2. The van der Waals surface area contributed by atoms with Gasteiger partial charge in [0.05, 0.1) is 6.33 Å². The van der Waals surface area contributed by atoms with Gasteiger partial charge >= 0.3 is 5.97 Å². The van der Waals surface area contributed by atoms with E-state index in [0.29, 0.717) is 24.9 Å². The summed E-state index contributed by atoms with van der Waals surface area (Å²) in [5.74, 6) is -1.00. The quantitative estimate of drug-likeness (QED) is 0.896. The van der Waals surface area contributed by atoms with E-state index in [1.165, 1.54) is 16.8 Å². The molecule has 0 spiro atoms. The minimum Gasteiger partial charge on any atom is -0.481 e. The van der Waals surface area contributed by atoms with E-state index >= 15 is 0 Å². The fourth-order valence-electron chi connectivity index (χ4n) is 3.17. The molecule has 7 nitrogen and oxygen atoms in total. The van der Waals surface area contributed by atoms with E-state index in [9.17, 15) is 18.3 Å². The Kier molecular flexibility index (Phi) is 4.18. The van der Waals surface area contributed by atoms with Gasteiger partial charge in [-0.05, 0) is 18.4 Å². The molecule has 2 aromatic rings. The molecule has 1 aliphatic rings. The van der Waals surface area contributed by atoms with Crippen molar-refractivity contribution in [1.29, 1.82) is 0 Å². The smallest absolute Gasteiger partial charge is 0.315 e. The summed E-state index contributed by atoms with van der Waals surface area (Å²) in [7, 11) is -2.13. The largest absolute Gasteiger partial charge is 0.481 e. The second kappa shape index (κ2) is 6.03. The number of imidazole rings is 1. The first kappa shape index (κ1) is 16.7. The Morgan fingerprint density at radius 2 is 2.00 bits per heavy atom. The third kappa shape index (κ3) is 2.71. The minimum absolute atomic E-state index is 0.0562. The number of hydrogen-bond donors (Lipinski definition) is 1. The Labute approximate surface area is 140 Å². The maximum atomic E-state index is 12.8. The summed E-state index contributed by atoms with van der Waals surface area (Å²) in [5.41, 5.74) is -0.611. The summed E-state index contributed by atoms with van der Waals surface area (Å²) in [5, 5.41) is 9.80. The highest BCUT2D eigenvalue weighted by atomic mass is 32.2. The van der Waals surface area contributed by atoms with Gasteiger partial charge in [-0.1, -0.05) is 30.3 Å². The van der Waals surface area contributed by atoms with Crippen molar-refractivity contribution in [3.05, 3.63) is 48.4 Å². The number of aryl methyl sites for hydroxylation is 1. The van der Waals surface area contributed by atoms with Crippen LogP contribution in [0.4, 0.5) is 0 Å². The van der Waals surface area contributed by atoms with Crippen LogP contribution in [0.5, 0.6) is 0 Å². The number of aliphatic carboxylic acids is 1. The Balaban J connectivity index is 2.00. The van der Waals surface area contributed by atoms with Crippen molar-refractivity contribution in [1.82, 2.24) is 13.9 Å². The second-order valence-electron chi connectivity index (χ2n) is 6.07. The van der Waals surface area contributed by atoms with Crippen molar-refractivity contribution >= 4 is 16.0 Å². The Hall–Kier alpha value is -2.19. The van der Waals surface area contributed by atoms with Crippen molar-refractivity contribution in [2.24, 2.45) is 7.05 Å². The number of carbonyl (C=O) groups is 1. The lowest BCUT2D eigenvalue weighted by molar-refractivity contribution is -0.145. The monoisotopic (exact) mass is 349 g/mol. The van der Waals surface area contributed by atoms with Gasteiger partial charge in [0, 0.05) is 26.3 Å². The maximum Gasteiger partial charge on any atom is 0.315 e. The summed E-state index contributed by atoms with van der Waals surface area (Å²) in [4.78, 5) is 16.0. The third-order valence-corrected chi connectivity index (χ3v) is 6.21. The summed E-state index contributed by atoms with van der Waals surface area (Å²) in [6.45, 7) is 0.200. The van der Waals surface area contributed by atoms with Crippen LogP contribution in [0.1, 0.15) is 18.4 Å². The summed E-state index contributed by atoms with van der Waals surface area (Å²) in [6, 6.07) is 8.83. The van der Waals surface area contributed by atoms with Gasteiger partial charge in [0.15, 0.2) is 5.03 Å². The van der Waals surface area contributed by atoms with Crippen molar-refractivity contribution < 1.29 is 18.3 Å². The zero-order chi connectivity index (χ0) is 17.4. The van der Waals surface area contributed by atoms with Crippen molar-refractivity contribution in [3.8, 4) is 0 Å². The normalized spacial score (nSPS) is 22.4. The molecule has 1 saturated heterocycles. The molecule has 1 aliphatic heterocycles. The molecular formula is C16H19N3O4S. The maximum absolute atomic E-state index is 12.8. The zero-order valence-corrected chi connectivity index (χ0v) is 14.1. The Morgan fingerprint density at radius 3 is 2.58 bits per heavy atom. The molecule has 24 heavy (non-hydrogen) atoms. The average molecular weight is 349 g/mol. The SMILES string of the molecule is Cn1cnc(S(=O)(=O)N2CCCC(C(=O)O)(c3ccccc3)C2)c1. The molecule has 0 radical (unpaired) electrons. The van der Waals surface area contributed by atoms with Crippen LogP contribution in [0, 0.1) is 0 Å². The first-order valence-electron chi connectivity index (χ1n) is 7.63. The topological polar surface area (TPSA) is 92.5 Å². The van der Waals surface area contributed by atoms with Crippen molar-refractivity contribution in [3.63, 3.8) is 0 Å². The lowest BCUT2D eigenvalue weighted by atomic mass is 9.75. The molecule has 0 aliphatic carbocycles. The zero-order valence-electron chi connectivity index (χ0n) is 13.3. The van der Waals surface area contributed by atoms with Crippen LogP contribution in [-0.4, -0.2) is 46.4 Å². The Morgan fingerprint density at radius 1 is 1.29 bits per heavy atom. The van der Waals surface area contributed by atoms with Crippen LogP contribution in [0.3, 0.4) is 0 Å². The van der Waals surface area contributed by atoms with Gasteiger partial charge in [-0.15, -0.1) is 0 Å². The molecule has 0 saturated carbocycles. The van der Waals surface area contributed by atoms with Gasteiger partial charge in [0.25, 0.3) is 10.0 Å². The lowest BCUT2D eigenvalue weighted by Gasteiger charge is -2.39. The van der Waals surface area contributed by atoms with E-state index in [1.54, 1.807) is 35.9 Å². The number of rotatable bonds is 4. The molecule has 1 unspecified atom stereocenters. The predicted molar refractivity (Wildman–Crippen MR) is 87.0 cm³/mol. The number of hydrogen-bond acceptors (Lipinski definition) is 4. The molecule has 1 aromatic heterocycles. The standard InChI is InChI=1S/C16H19N3O4S/c1-18-10-14(17-12-18)24(22,23)19-9-5-8-16(11-19,15(20)21)13-6-3-2-4-7-13/h2-4,6-7,10,12H,5,8-9,11H2,1H3,(H,20,21). The van der Waals surface area contributed by atoms with Gasteiger partial charge in [0.2, 0.25) is 0 Å². The molecular weight excluding hydrogens is 330 g/mol. The summed E-state index contributed by atoms with van der Waals surface area (Å²) < 4.78 is 28.4. The number of sulfonamides is 1. The molecule has 0 amide bonds. The number of carboxylic acid groups (broad SMARTS) is 1. The van der Waals surface area contributed by atoms with E-state index in [2.05, 4.69) is 4.98 Å². The van der Waals surface area contributed by atoms with Crippen LogP contribution in [-0.2, 0) is 27.3 Å². The van der Waals surface area contributed by atoms with E-state index < -0.39 is 21.4 Å². The highest BCUT2D eigenvalue weighted by Crippen LogP contribution is 2.36. The molecule has 1 atom stereocenters. The van der Waals surface area contributed by atoms with Crippen LogP contribution < -0.4 is 0 Å². The highest BCUT2D eigenvalue weighted by molar-refractivity contribution is 7.89. The van der Waals surface area contributed by atoms with Gasteiger partial charge in [-0.25, -0.2) is 13.4 Å². The van der Waals surface area contributed by atoms with E-state index in [4.69, 9.17) is 0 Å². The van der Waals surface area contributed by atoms with Gasteiger partial charge in [-0.3, -0.25) is 4.79 Å². The Bertz CT molecular complexity index is 847. The van der Waals surface area contributed by atoms with Crippen LogP contribution >= 0.6 is 0 Å². The summed E-state index contributed by atoms with van der Waals surface area (Å²) >= 11 is 0. The number of piperidine rings is 1. The van der Waals surface area contributed by atoms with Gasteiger partial charge < -0.3 is 9.67 Å². The molecule has 1 aromatic carbocycles. The molecule has 2 heterocycles. The van der Waals surface area contributed by atoms with Crippen LogP contribution in [0.25, 0.3) is 0 Å². The van der Waals surface area contributed by atoms with Gasteiger partial charge in [0.1, 0.15) is 5.41 Å². The molecule has 128 valence electrons. The molecule has 0 bridgehead atoms. The second-order valence-corrected chi connectivity index (χ2v) is 7.96. The van der Waals surface area contributed by atoms with E-state index in [0.717, 1.165) is 0 Å². The first-order chi connectivity index (χ1) is 11.4. The lowest BCUT2D eigenvalue weighted by Crippen LogP contribution is -2.52. The molecule has 8 heteroatoms. The average Bonchev–Trinajstić information content (AvgIpc) is 3.03. The van der Waals surface area contributed by atoms with Crippen LogP contribution in [0.2, 0.25) is 0 Å². The predicted octanol–water partition coefficient (Wildman–Crippen LogP) is 1.23. The third-order valence-electron chi connectivity index (χ3n) is 4.48. The fourth-order valence-corrected chi connectivity index (χ4v) is 4.67. The molecule has 1 fully saturated rings. The fraction of sp³-hybridized carbons (Fsp3) is 0.375. The van der Waals surface area contributed by atoms with E-state index in [-0.39, 0.29) is 11.6 Å². The number of nitrogens with zero attached hydrogens (tertiary/aromatic N) is 3. The minimum atomic E-state index is -3.82. The van der Waals surface area contributed by atoms with E-state index in [1.807, 2.05) is 6.07 Å². The van der Waals surface area contributed by atoms with Crippen molar-refractivity contribution in [2.45, 2.75) is 23.3 Å². The first-order valence-corrected chi connectivity index (χ1v) is 9.07. The number of carboxylic acids is 1. The van der Waals surface area contributed by atoms with Crippen molar-refractivity contribution in [2.75, 3.05) is 13.1 Å². The molecule has 3 rings (SSSR count). The summed E-state index contributed by atoms with van der Waals surface area (Å²) in [6.07, 6.45) is 3.72. The van der Waals surface area contributed by atoms with Gasteiger partial charge in [-0.2, -0.15) is 4.31 Å². The van der Waals surface area contributed by atoms with Crippen LogP contribution in [0.15, 0.2) is 47.9 Å². The highest BCUT2D eigenvalue weighted by Gasteiger charge is 2.47. The number of benzene rings is 1.